The zero-order chi connectivity index (χ0) is 34.0. The summed E-state index contributed by atoms with van der Waals surface area (Å²) < 4.78 is 0. The number of allylic oxidation sites excluding steroid dienone is 12. The summed E-state index contributed by atoms with van der Waals surface area (Å²) in [5.41, 5.74) is 12.7. The largest absolute Gasteiger partial charge is 0.0808 e. The molecule has 258 valence electrons. The summed E-state index contributed by atoms with van der Waals surface area (Å²) in [5.74, 6) is 4.44. The van der Waals surface area contributed by atoms with Gasteiger partial charge in [0.2, 0.25) is 0 Å². The first-order valence-electron chi connectivity index (χ1n) is 20.1. The molecule has 0 heterocycles. The maximum Gasteiger partial charge on any atom is 0.0615 e. The van der Waals surface area contributed by atoms with Crippen molar-refractivity contribution in [1.82, 2.24) is 0 Å². The van der Waals surface area contributed by atoms with Gasteiger partial charge in [0.25, 0.3) is 0 Å². The van der Waals surface area contributed by atoms with Gasteiger partial charge in [-0.15, -0.1) is 0 Å². The van der Waals surface area contributed by atoms with Gasteiger partial charge in [0.1, 0.15) is 0 Å². The van der Waals surface area contributed by atoms with Crippen LogP contribution >= 0.6 is 0 Å². The van der Waals surface area contributed by atoms with Crippen molar-refractivity contribution in [3.63, 3.8) is 0 Å². The van der Waals surface area contributed by atoms with Gasteiger partial charge in [-0.25, -0.2) is 0 Å². The van der Waals surface area contributed by atoms with Crippen molar-refractivity contribution in [1.29, 1.82) is 0 Å². The van der Waals surface area contributed by atoms with Crippen LogP contribution in [-0.2, 0) is 5.41 Å². The summed E-state index contributed by atoms with van der Waals surface area (Å²) in [4.78, 5) is 0. The Morgan fingerprint density at radius 1 is 0.625 bits per heavy atom. The van der Waals surface area contributed by atoms with Crippen LogP contribution in [0.5, 0.6) is 0 Å². The highest BCUT2D eigenvalue weighted by Crippen LogP contribution is 2.68. The highest BCUT2D eigenvalue weighted by atomic mass is 28.3. The molecule has 0 aromatic heterocycles. The molecule has 0 aliphatic heterocycles. The average Bonchev–Trinajstić information content (AvgIpc) is 3.60. The van der Waals surface area contributed by atoms with Gasteiger partial charge in [0, 0.05) is 0 Å². The van der Waals surface area contributed by atoms with Crippen molar-refractivity contribution in [3.8, 4) is 0 Å². The van der Waals surface area contributed by atoms with Crippen LogP contribution in [0.15, 0.2) is 89.6 Å². The van der Waals surface area contributed by atoms with Gasteiger partial charge in [-0.3, -0.25) is 0 Å². The van der Waals surface area contributed by atoms with Crippen molar-refractivity contribution in [2.75, 3.05) is 0 Å². The van der Waals surface area contributed by atoms with Crippen molar-refractivity contribution in [2.45, 2.75) is 142 Å². The lowest BCUT2D eigenvalue weighted by Crippen LogP contribution is -2.52. The van der Waals surface area contributed by atoms with Crippen LogP contribution in [0.4, 0.5) is 0 Å². The first kappa shape index (κ1) is 34.3. The Morgan fingerprint density at radius 2 is 1.19 bits per heavy atom. The first-order chi connectivity index (χ1) is 22.8. The molecule has 6 aliphatic carbocycles. The van der Waals surface area contributed by atoms with Crippen LogP contribution in [0.25, 0.3) is 5.57 Å². The van der Waals surface area contributed by atoms with E-state index in [4.69, 9.17) is 0 Å². The van der Waals surface area contributed by atoms with E-state index in [0.29, 0.717) is 17.8 Å². The molecule has 1 aromatic rings. The Balaban J connectivity index is 1.22. The highest BCUT2D eigenvalue weighted by Gasteiger charge is 2.62. The van der Waals surface area contributed by atoms with E-state index in [2.05, 4.69) is 135 Å². The predicted molar refractivity (Wildman–Crippen MR) is 212 cm³/mol. The van der Waals surface area contributed by atoms with Crippen LogP contribution in [-0.4, -0.2) is 8.07 Å². The fraction of sp³-hybridized carbons (Fsp3) is 0.617. The van der Waals surface area contributed by atoms with Crippen LogP contribution < -0.4 is 0 Å². The summed E-state index contributed by atoms with van der Waals surface area (Å²) in [6.45, 7) is 22.5. The molecule has 8 unspecified atom stereocenters. The third-order valence-corrected chi connectivity index (χ3v) is 21.9. The summed E-state index contributed by atoms with van der Waals surface area (Å²) in [6.07, 6.45) is 33.1. The number of hydrogen-bond donors (Lipinski definition) is 0. The number of hydrogen-bond acceptors (Lipinski definition) is 0. The topological polar surface area (TPSA) is 0 Å². The van der Waals surface area contributed by atoms with Crippen LogP contribution in [0.3, 0.4) is 0 Å². The molecule has 1 aromatic carbocycles. The molecule has 0 spiro atoms. The lowest BCUT2D eigenvalue weighted by atomic mass is 9.75. The van der Waals surface area contributed by atoms with Gasteiger partial charge in [-0.05, 0) is 116 Å². The standard InChI is InChI=1S/C47H66Si/c1-31-29-42-38(33-21-25-35(26-22-33)46(3,4)5)17-13-19-40(42)44(31)48(9,37-15-11-10-12-16-37)45-32(2)30-43-39(18-14-20-41(43)45)34-23-27-36(28-24-34)47(6,7)8/h13-14,17-23,25-27,31-32,37,40-45H,10-12,15-16,24,28-30H2,1-9H3/t31-,32?,40?,41?,42?,43?,44?,45?,48?/m1/s1. The van der Waals surface area contributed by atoms with Gasteiger partial charge in [-0.1, -0.05) is 172 Å². The molecule has 7 rings (SSSR count). The summed E-state index contributed by atoms with van der Waals surface area (Å²) >= 11 is 0. The smallest absolute Gasteiger partial charge is 0.0615 e. The average molecular weight is 659 g/mol. The zero-order valence-corrected chi connectivity index (χ0v) is 33.0. The van der Waals surface area contributed by atoms with Crippen molar-refractivity contribution in [2.24, 2.45) is 40.9 Å². The molecule has 48 heavy (non-hydrogen) atoms. The van der Waals surface area contributed by atoms with E-state index < -0.39 is 8.07 Å². The Hall–Kier alpha value is -2.12. The Kier molecular flexibility index (Phi) is 9.22. The van der Waals surface area contributed by atoms with E-state index in [0.717, 1.165) is 34.4 Å². The fourth-order valence-electron chi connectivity index (χ4n) is 12.5. The molecule has 0 bridgehead atoms. The second-order valence-electron chi connectivity index (χ2n) is 19.5. The SMILES string of the molecule is CC1CC2C(C3=CC=C(C(C)(C)C)CC3)=CC=CC2C1[Si](C)(C1CCCCC1)C1C2C=CC=C(c3ccc(C(C)(C)C)cc3)C2C[C@H]1C. The lowest BCUT2D eigenvalue weighted by Gasteiger charge is -2.53. The highest BCUT2D eigenvalue weighted by molar-refractivity contribution is 6.83. The van der Waals surface area contributed by atoms with E-state index in [-0.39, 0.29) is 10.8 Å². The monoisotopic (exact) mass is 658 g/mol. The van der Waals surface area contributed by atoms with Crippen LogP contribution in [0, 0.1) is 40.9 Å². The fourth-order valence-corrected chi connectivity index (χ4v) is 20.8. The van der Waals surface area contributed by atoms with Crippen molar-refractivity contribution in [3.05, 3.63) is 101 Å². The van der Waals surface area contributed by atoms with Crippen LogP contribution in [0.2, 0.25) is 23.2 Å². The molecule has 3 saturated carbocycles. The second-order valence-corrected chi connectivity index (χ2v) is 24.4. The Morgan fingerprint density at radius 3 is 1.71 bits per heavy atom. The molecule has 3 fully saturated rings. The molecule has 1 heteroatoms. The van der Waals surface area contributed by atoms with Gasteiger partial charge in [-0.2, -0.15) is 0 Å². The van der Waals surface area contributed by atoms with Crippen molar-refractivity contribution >= 4 is 13.6 Å². The number of fused-ring (bicyclic) bond motifs is 2. The molecular weight excluding hydrogens is 593 g/mol. The third-order valence-electron chi connectivity index (χ3n) is 14.7. The van der Waals surface area contributed by atoms with E-state index >= 15 is 0 Å². The lowest BCUT2D eigenvalue weighted by molar-refractivity contribution is 0.428. The quantitative estimate of drug-likeness (QED) is 0.276. The van der Waals surface area contributed by atoms with Crippen molar-refractivity contribution < 1.29 is 0 Å². The minimum atomic E-state index is -1.79. The molecular formula is C47H66Si. The van der Waals surface area contributed by atoms with Gasteiger partial charge in [0.05, 0.1) is 8.07 Å². The van der Waals surface area contributed by atoms with E-state index in [1.165, 1.54) is 68.9 Å². The molecule has 0 amide bonds. The molecule has 0 saturated heterocycles. The zero-order valence-electron chi connectivity index (χ0n) is 32.0. The minimum absolute atomic E-state index is 0.195. The number of rotatable bonds is 5. The normalized spacial score (nSPS) is 35.3. The molecule has 0 radical (unpaired) electrons. The Labute approximate surface area is 296 Å². The summed E-state index contributed by atoms with van der Waals surface area (Å²) in [7, 11) is -1.79. The summed E-state index contributed by atoms with van der Waals surface area (Å²) in [5, 5.41) is 0. The van der Waals surface area contributed by atoms with E-state index in [1.54, 1.807) is 22.3 Å². The maximum atomic E-state index is 2.99. The van der Waals surface area contributed by atoms with Gasteiger partial charge >= 0.3 is 0 Å². The third kappa shape index (κ3) is 6.01. The minimum Gasteiger partial charge on any atom is -0.0808 e. The molecule has 0 N–H and O–H groups in total. The van der Waals surface area contributed by atoms with E-state index in [9.17, 15) is 0 Å². The molecule has 6 aliphatic rings. The Bertz CT molecular complexity index is 1540. The van der Waals surface area contributed by atoms with E-state index in [1.807, 2.05) is 0 Å². The number of benzene rings is 1. The van der Waals surface area contributed by atoms with Gasteiger partial charge in [0.15, 0.2) is 0 Å². The predicted octanol–water partition coefficient (Wildman–Crippen LogP) is 13.8. The molecule has 0 nitrogen and oxygen atoms in total. The summed E-state index contributed by atoms with van der Waals surface area (Å²) in [6, 6.07) is 9.70. The van der Waals surface area contributed by atoms with Gasteiger partial charge < -0.3 is 0 Å². The van der Waals surface area contributed by atoms with Crippen LogP contribution in [0.1, 0.15) is 124 Å². The first-order valence-corrected chi connectivity index (χ1v) is 22.8. The second kappa shape index (κ2) is 12.9. The maximum absolute atomic E-state index is 2.99. The molecule has 9 atom stereocenters.